The molecule has 0 bridgehead atoms. The fraction of sp³-hybridized carbons (Fsp3) is 0.333. The molecule has 0 aliphatic heterocycles. The van der Waals surface area contributed by atoms with Crippen LogP contribution in [0.15, 0.2) is 22.7 Å². The summed E-state index contributed by atoms with van der Waals surface area (Å²) in [4.78, 5) is 3.87. The summed E-state index contributed by atoms with van der Waals surface area (Å²) in [5, 5.41) is 13.2. The van der Waals surface area contributed by atoms with Gasteiger partial charge >= 0.3 is 0 Å². The molecule has 0 aliphatic rings. The van der Waals surface area contributed by atoms with Crippen LogP contribution in [0, 0.1) is 11.6 Å². The highest BCUT2D eigenvalue weighted by molar-refractivity contribution is 5.53. The third-order valence-electron chi connectivity index (χ3n) is 2.46. The van der Waals surface area contributed by atoms with E-state index in [1.807, 2.05) is 6.92 Å². The zero-order valence-electron chi connectivity index (χ0n) is 9.73. The Kier molecular flexibility index (Phi) is 3.66. The summed E-state index contributed by atoms with van der Waals surface area (Å²) in [6, 6.07) is 2.96. The van der Waals surface area contributed by atoms with Gasteiger partial charge in [-0.05, 0) is 24.6 Å². The highest BCUT2D eigenvalue weighted by atomic mass is 19.1. The van der Waals surface area contributed by atoms with Gasteiger partial charge < -0.3 is 9.63 Å². The second-order valence-electron chi connectivity index (χ2n) is 3.89. The number of nitrogens with zero attached hydrogens (tertiary/aromatic N) is 2. The van der Waals surface area contributed by atoms with Crippen molar-refractivity contribution in [3.8, 4) is 11.5 Å². The Hall–Kier alpha value is -1.82. The van der Waals surface area contributed by atoms with Gasteiger partial charge in [-0.3, -0.25) is 0 Å². The van der Waals surface area contributed by atoms with E-state index in [1.54, 1.807) is 0 Å². The van der Waals surface area contributed by atoms with Gasteiger partial charge in [0.05, 0.1) is 5.56 Å². The molecule has 0 aliphatic carbocycles. The minimum atomic E-state index is -0.857. The lowest BCUT2D eigenvalue weighted by Gasteiger charge is -2.01. The Balaban J connectivity index is 2.32. The molecule has 4 nitrogen and oxygen atoms in total. The Morgan fingerprint density at radius 3 is 2.89 bits per heavy atom. The maximum atomic E-state index is 13.5. The summed E-state index contributed by atoms with van der Waals surface area (Å²) >= 11 is 0. The van der Waals surface area contributed by atoms with E-state index in [0.717, 1.165) is 24.6 Å². The molecule has 18 heavy (non-hydrogen) atoms. The number of halogens is 2. The van der Waals surface area contributed by atoms with Gasteiger partial charge in [-0.15, -0.1) is 0 Å². The molecule has 1 N–H and O–H groups in total. The molecular formula is C12H12F2N2O2. The SMILES string of the molecule is CCCC(O)c1noc(-c2cc(F)ccc2F)n1. The topological polar surface area (TPSA) is 59.2 Å². The fourth-order valence-corrected chi connectivity index (χ4v) is 1.54. The molecule has 1 heterocycles. The van der Waals surface area contributed by atoms with E-state index < -0.39 is 17.7 Å². The molecule has 1 aromatic heterocycles. The van der Waals surface area contributed by atoms with Crippen molar-refractivity contribution in [2.24, 2.45) is 0 Å². The van der Waals surface area contributed by atoms with E-state index in [4.69, 9.17) is 4.52 Å². The predicted molar refractivity (Wildman–Crippen MR) is 59.5 cm³/mol. The van der Waals surface area contributed by atoms with Crippen LogP contribution < -0.4 is 0 Å². The smallest absolute Gasteiger partial charge is 0.261 e. The summed E-state index contributed by atoms with van der Waals surface area (Å²) < 4.78 is 31.3. The quantitative estimate of drug-likeness (QED) is 0.911. The van der Waals surface area contributed by atoms with Gasteiger partial charge in [-0.1, -0.05) is 18.5 Å². The Morgan fingerprint density at radius 1 is 1.39 bits per heavy atom. The van der Waals surface area contributed by atoms with E-state index in [2.05, 4.69) is 10.1 Å². The van der Waals surface area contributed by atoms with Crippen molar-refractivity contribution in [2.45, 2.75) is 25.9 Å². The first kappa shape index (κ1) is 12.6. The van der Waals surface area contributed by atoms with Crippen molar-refractivity contribution in [3.63, 3.8) is 0 Å². The van der Waals surface area contributed by atoms with E-state index in [1.165, 1.54) is 0 Å². The molecule has 2 aromatic rings. The first-order valence-corrected chi connectivity index (χ1v) is 5.59. The molecular weight excluding hydrogens is 242 g/mol. The third kappa shape index (κ3) is 2.53. The van der Waals surface area contributed by atoms with Crippen molar-refractivity contribution in [1.82, 2.24) is 10.1 Å². The van der Waals surface area contributed by atoms with Crippen LogP contribution in [0.25, 0.3) is 11.5 Å². The van der Waals surface area contributed by atoms with Crippen LogP contribution in [0.4, 0.5) is 8.78 Å². The Morgan fingerprint density at radius 2 is 2.17 bits per heavy atom. The minimum Gasteiger partial charge on any atom is -0.385 e. The number of hydrogen-bond donors (Lipinski definition) is 1. The Bertz CT molecular complexity index is 543. The van der Waals surface area contributed by atoms with Crippen molar-refractivity contribution < 1.29 is 18.4 Å². The maximum absolute atomic E-state index is 13.5. The molecule has 0 amide bonds. The van der Waals surface area contributed by atoms with Gasteiger partial charge in [0.2, 0.25) is 5.82 Å². The van der Waals surface area contributed by atoms with Gasteiger partial charge in [0.1, 0.15) is 17.7 Å². The van der Waals surface area contributed by atoms with Crippen LogP contribution in [0.1, 0.15) is 31.7 Å². The lowest BCUT2D eigenvalue weighted by molar-refractivity contribution is 0.153. The van der Waals surface area contributed by atoms with Gasteiger partial charge in [-0.25, -0.2) is 8.78 Å². The van der Waals surface area contributed by atoms with Gasteiger partial charge in [0, 0.05) is 0 Å². The molecule has 1 aromatic carbocycles. The van der Waals surface area contributed by atoms with Crippen molar-refractivity contribution >= 4 is 0 Å². The molecule has 0 fully saturated rings. The number of rotatable bonds is 4. The van der Waals surface area contributed by atoms with Crippen LogP contribution in [-0.2, 0) is 0 Å². The summed E-state index contributed by atoms with van der Waals surface area (Å²) in [6.07, 6.45) is 0.369. The van der Waals surface area contributed by atoms with E-state index in [0.29, 0.717) is 6.42 Å². The number of aliphatic hydroxyl groups excluding tert-OH is 1. The summed E-state index contributed by atoms with van der Waals surface area (Å²) in [6.45, 7) is 1.90. The summed E-state index contributed by atoms with van der Waals surface area (Å²) in [7, 11) is 0. The van der Waals surface area contributed by atoms with Gasteiger partial charge in [-0.2, -0.15) is 4.98 Å². The molecule has 96 valence electrons. The van der Waals surface area contributed by atoms with Crippen molar-refractivity contribution in [2.75, 3.05) is 0 Å². The molecule has 1 atom stereocenters. The third-order valence-corrected chi connectivity index (χ3v) is 2.46. The monoisotopic (exact) mass is 254 g/mol. The average Bonchev–Trinajstić information content (AvgIpc) is 2.82. The standard InChI is InChI=1S/C12H12F2N2O2/c1-2-3-10(17)11-15-12(18-16-11)8-6-7(13)4-5-9(8)14/h4-6,10,17H,2-3H2,1H3. The van der Waals surface area contributed by atoms with E-state index in [9.17, 15) is 13.9 Å². The largest absolute Gasteiger partial charge is 0.385 e. The van der Waals surface area contributed by atoms with Crippen molar-refractivity contribution in [1.29, 1.82) is 0 Å². The van der Waals surface area contributed by atoms with Crippen LogP contribution in [0.5, 0.6) is 0 Å². The number of hydrogen-bond acceptors (Lipinski definition) is 4. The molecule has 2 rings (SSSR count). The molecule has 0 radical (unpaired) electrons. The van der Waals surface area contributed by atoms with Crippen LogP contribution in [0.3, 0.4) is 0 Å². The highest BCUT2D eigenvalue weighted by Gasteiger charge is 2.18. The number of aromatic nitrogens is 2. The normalized spacial score (nSPS) is 12.7. The van der Waals surface area contributed by atoms with Crippen LogP contribution in [-0.4, -0.2) is 15.2 Å². The Labute approximate surface area is 102 Å². The lowest BCUT2D eigenvalue weighted by atomic mass is 10.2. The minimum absolute atomic E-state index is 0.0792. The maximum Gasteiger partial charge on any atom is 0.261 e. The second kappa shape index (κ2) is 5.22. The first-order valence-electron chi connectivity index (χ1n) is 5.59. The first-order chi connectivity index (χ1) is 8.61. The summed E-state index contributed by atoms with van der Waals surface area (Å²) in [5.74, 6) is -1.32. The molecule has 6 heteroatoms. The fourth-order valence-electron chi connectivity index (χ4n) is 1.54. The van der Waals surface area contributed by atoms with E-state index >= 15 is 0 Å². The van der Waals surface area contributed by atoms with Gasteiger partial charge in [0.15, 0.2) is 0 Å². The van der Waals surface area contributed by atoms with Crippen LogP contribution in [0.2, 0.25) is 0 Å². The molecule has 1 unspecified atom stereocenters. The average molecular weight is 254 g/mol. The lowest BCUT2D eigenvalue weighted by Crippen LogP contribution is -1.99. The second-order valence-corrected chi connectivity index (χ2v) is 3.89. The zero-order chi connectivity index (χ0) is 13.1. The van der Waals surface area contributed by atoms with Gasteiger partial charge in [0.25, 0.3) is 5.89 Å². The zero-order valence-corrected chi connectivity index (χ0v) is 9.73. The molecule has 0 spiro atoms. The van der Waals surface area contributed by atoms with Crippen molar-refractivity contribution in [3.05, 3.63) is 35.7 Å². The molecule has 0 saturated heterocycles. The number of aliphatic hydroxyl groups is 1. The highest BCUT2D eigenvalue weighted by Crippen LogP contribution is 2.24. The molecule has 0 saturated carbocycles. The van der Waals surface area contributed by atoms with E-state index in [-0.39, 0.29) is 17.3 Å². The summed E-state index contributed by atoms with van der Waals surface area (Å²) in [5.41, 5.74) is -0.113. The number of benzene rings is 1. The predicted octanol–water partition coefficient (Wildman–Crippen LogP) is 2.85. The van der Waals surface area contributed by atoms with Crippen LogP contribution >= 0.6 is 0 Å².